The number of fused-ring (bicyclic) bond motifs is 1. The van der Waals surface area contributed by atoms with Gasteiger partial charge in [0, 0.05) is 23.5 Å². The molecule has 1 aliphatic rings. The van der Waals surface area contributed by atoms with Gasteiger partial charge in [-0.2, -0.15) is 0 Å². The highest BCUT2D eigenvalue weighted by Gasteiger charge is 2.34. The fourth-order valence-electron chi connectivity index (χ4n) is 1.85. The SMILES string of the molecule is CC(F)(F)c1cc2c(c(C(C)(C)CO)c1)OCO2. The van der Waals surface area contributed by atoms with Crippen LogP contribution in [-0.4, -0.2) is 18.5 Å². The average Bonchev–Trinajstić information content (AvgIpc) is 2.74. The molecular formula is C13H16F2O3. The van der Waals surface area contributed by atoms with E-state index in [1.807, 2.05) is 0 Å². The number of ether oxygens (including phenoxy) is 2. The van der Waals surface area contributed by atoms with E-state index in [1.54, 1.807) is 13.8 Å². The van der Waals surface area contributed by atoms with Crippen molar-refractivity contribution in [3.63, 3.8) is 0 Å². The predicted octanol–water partition coefficient (Wildman–Crippen LogP) is 2.80. The van der Waals surface area contributed by atoms with Gasteiger partial charge in [-0.3, -0.25) is 0 Å². The van der Waals surface area contributed by atoms with Gasteiger partial charge in [0.1, 0.15) is 0 Å². The number of rotatable bonds is 3. The molecule has 18 heavy (non-hydrogen) atoms. The summed E-state index contributed by atoms with van der Waals surface area (Å²) in [6.07, 6.45) is 0. The zero-order valence-corrected chi connectivity index (χ0v) is 10.6. The van der Waals surface area contributed by atoms with E-state index in [-0.39, 0.29) is 19.0 Å². The first-order valence-electron chi connectivity index (χ1n) is 5.69. The van der Waals surface area contributed by atoms with Gasteiger partial charge in [0.05, 0.1) is 6.61 Å². The molecule has 0 aromatic heterocycles. The molecule has 0 amide bonds. The van der Waals surface area contributed by atoms with Crippen LogP contribution in [0.4, 0.5) is 8.78 Å². The summed E-state index contributed by atoms with van der Waals surface area (Å²) in [5.41, 5.74) is -0.265. The van der Waals surface area contributed by atoms with Crippen LogP contribution in [0.1, 0.15) is 31.9 Å². The number of alkyl halides is 2. The van der Waals surface area contributed by atoms with E-state index in [4.69, 9.17) is 9.47 Å². The molecule has 3 nitrogen and oxygen atoms in total. The second-order valence-corrected chi connectivity index (χ2v) is 5.19. The Morgan fingerprint density at radius 2 is 1.89 bits per heavy atom. The summed E-state index contributed by atoms with van der Waals surface area (Å²) in [5, 5.41) is 9.39. The highest BCUT2D eigenvalue weighted by molar-refractivity contribution is 5.54. The van der Waals surface area contributed by atoms with Crippen molar-refractivity contribution in [2.45, 2.75) is 32.1 Å². The molecule has 1 heterocycles. The number of aliphatic hydroxyl groups excluding tert-OH is 1. The van der Waals surface area contributed by atoms with E-state index >= 15 is 0 Å². The van der Waals surface area contributed by atoms with Crippen molar-refractivity contribution in [3.8, 4) is 11.5 Å². The van der Waals surface area contributed by atoms with Gasteiger partial charge in [0.2, 0.25) is 6.79 Å². The highest BCUT2D eigenvalue weighted by atomic mass is 19.3. The Bertz CT molecular complexity index is 464. The van der Waals surface area contributed by atoms with Crippen molar-refractivity contribution >= 4 is 0 Å². The van der Waals surface area contributed by atoms with Crippen LogP contribution >= 0.6 is 0 Å². The van der Waals surface area contributed by atoms with Crippen molar-refractivity contribution in [1.29, 1.82) is 0 Å². The van der Waals surface area contributed by atoms with Gasteiger partial charge in [-0.05, 0) is 12.1 Å². The number of hydrogen-bond acceptors (Lipinski definition) is 3. The van der Waals surface area contributed by atoms with Gasteiger partial charge >= 0.3 is 0 Å². The maximum absolute atomic E-state index is 13.4. The third-order valence-corrected chi connectivity index (χ3v) is 3.10. The smallest absolute Gasteiger partial charge is 0.270 e. The maximum atomic E-state index is 13.4. The molecule has 0 atom stereocenters. The quantitative estimate of drug-likeness (QED) is 0.906. The minimum atomic E-state index is -2.96. The number of aliphatic hydroxyl groups is 1. The molecule has 5 heteroatoms. The lowest BCUT2D eigenvalue weighted by molar-refractivity contribution is 0.0171. The summed E-state index contributed by atoms with van der Waals surface area (Å²) in [4.78, 5) is 0. The first kappa shape index (κ1) is 13.1. The fourth-order valence-corrected chi connectivity index (χ4v) is 1.85. The second kappa shape index (κ2) is 4.09. The molecule has 0 radical (unpaired) electrons. The minimum Gasteiger partial charge on any atom is -0.454 e. The molecule has 100 valence electrons. The third kappa shape index (κ3) is 2.14. The van der Waals surface area contributed by atoms with E-state index in [0.717, 1.165) is 6.92 Å². The van der Waals surface area contributed by atoms with Gasteiger partial charge in [0.15, 0.2) is 11.5 Å². The van der Waals surface area contributed by atoms with Crippen LogP contribution in [0, 0.1) is 0 Å². The Kier molecular flexibility index (Phi) is 2.97. The third-order valence-electron chi connectivity index (χ3n) is 3.10. The zero-order valence-electron chi connectivity index (χ0n) is 10.6. The van der Waals surface area contributed by atoms with Crippen LogP contribution in [0.25, 0.3) is 0 Å². The van der Waals surface area contributed by atoms with Crippen molar-refractivity contribution in [2.75, 3.05) is 13.4 Å². The Morgan fingerprint density at radius 1 is 1.22 bits per heavy atom. The van der Waals surface area contributed by atoms with Crippen LogP contribution in [0.15, 0.2) is 12.1 Å². The number of halogens is 2. The van der Waals surface area contributed by atoms with E-state index < -0.39 is 11.3 Å². The lowest BCUT2D eigenvalue weighted by atomic mass is 9.83. The van der Waals surface area contributed by atoms with Gasteiger partial charge in [-0.1, -0.05) is 13.8 Å². The van der Waals surface area contributed by atoms with E-state index in [2.05, 4.69) is 0 Å². The maximum Gasteiger partial charge on any atom is 0.270 e. The van der Waals surface area contributed by atoms with Crippen molar-refractivity contribution in [3.05, 3.63) is 23.3 Å². The van der Waals surface area contributed by atoms with Crippen LogP contribution in [0.2, 0.25) is 0 Å². The molecule has 0 spiro atoms. The first-order chi connectivity index (χ1) is 8.25. The molecular weight excluding hydrogens is 242 g/mol. The summed E-state index contributed by atoms with van der Waals surface area (Å²) < 4.78 is 37.4. The molecule has 0 saturated heterocycles. The first-order valence-corrected chi connectivity index (χ1v) is 5.69. The van der Waals surface area contributed by atoms with Crippen molar-refractivity contribution < 1.29 is 23.4 Å². The zero-order chi connectivity index (χ0) is 13.6. The predicted molar refractivity (Wildman–Crippen MR) is 62.2 cm³/mol. The standard InChI is InChI=1S/C13H16F2O3/c1-12(2,6-16)9-4-8(13(3,14)15)5-10-11(9)18-7-17-10/h4-5,16H,6-7H2,1-3H3. The Labute approximate surface area is 104 Å². The van der Waals surface area contributed by atoms with E-state index in [9.17, 15) is 13.9 Å². The molecule has 1 N–H and O–H groups in total. The molecule has 0 unspecified atom stereocenters. The minimum absolute atomic E-state index is 0.0164. The van der Waals surface area contributed by atoms with Gasteiger partial charge in [-0.15, -0.1) is 0 Å². The van der Waals surface area contributed by atoms with Crippen LogP contribution in [0.3, 0.4) is 0 Å². The second-order valence-electron chi connectivity index (χ2n) is 5.19. The normalized spacial score (nSPS) is 15.0. The van der Waals surface area contributed by atoms with Gasteiger partial charge in [0.25, 0.3) is 5.92 Å². The van der Waals surface area contributed by atoms with Crippen LogP contribution < -0.4 is 9.47 Å². The van der Waals surface area contributed by atoms with E-state index in [1.165, 1.54) is 12.1 Å². The summed E-state index contributed by atoms with van der Waals surface area (Å²) >= 11 is 0. The largest absolute Gasteiger partial charge is 0.454 e. The molecule has 1 aliphatic heterocycles. The molecule has 0 aliphatic carbocycles. The Balaban J connectivity index is 2.61. The summed E-state index contributed by atoms with van der Waals surface area (Å²) in [5.74, 6) is -2.20. The van der Waals surface area contributed by atoms with Crippen LogP contribution in [0.5, 0.6) is 11.5 Å². The Morgan fingerprint density at radius 3 is 2.44 bits per heavy atom. The molecule has 1 aromatic rings. The lowest BCUT2D eigenvalue weighted by Crippen LogP contribution is -2.23. The molecule has 0 saturated carbocycles. The number of hydrogen-bond donors (Lipinski definition) is 1. The van der Waals surface area contributed by atoms with E-state index in [0.29, 0.717) is 17.1 Å². The molecule has 0 bridgehead atoms. The lowest BCUT2D eigenvalue weighted by Gasteiger charge is -2.25. The summed E-state index contributed by atoms with van der Waals surface area (Å²) in [6, 6.07) is 2.67. The topological polar surface area (TPSA) is 38.7 Å². The Hall–Kier alpha value is -1.36. The highest BCUT2D eigenvalue weighted by Crippen LogP contribution is 2.45. The van der Waals surface area contributed by atoms with Crippen LogP contribution in [-0.2, 0) is 11.3 Å². The van der Waals surface area contributed by atoms with Crippen molar-refractivity contribution in [1.82, 2.24) is 0 Å². The van der Waals surface area contributed by atoms with Gasteiger partial charge < -0.3 is 14.6 Å². The molecule has 0 fully saturated rings. The molecule has 2 rings (SSSR count). The summed E-state index contributed by atoms with van der Waals surface area (Å²) in [6.45, 7) is 4.22. The fraction of sp³-hybridized carbons (Fsp3) is 0.538. The van der Waals surface area contributed by atoms with Gasteiger partial charge in [-0.25, -0.2) is 8.78 Å². The monoisotopic (exact) mass is 258 g/mol. The average molecular weight is 258 g/mol. The summed E-state index contributed by atoms with van der Waals surface area (Å²) in [7, 11) is 0. The number of benzene rings is 1. The van der Waals surface area contributed by atoms with Crippen molar-refractivity contribution in [2.24, 2.45) is 0 Å². The molecule has 1 aromatic carbocycles.